The van der Waals surface area contributed by atoms with E-state index in [2.05, 4.69) is 25.6 Å². The molecule has 3 heterocycles. The first-order valence-corrected chi connectivity index (χ1v) is 13.5. The first-order valence-electron chi connectivity index (χ1n) is 13.5. The summed E-state index contributed by atoms with van der Waals surface area (Å²) in [4.78, 5) is 40.0. The molecule has 42 heavy (non-hydrogen) atoms. The third-order valence-corrected chi connectivity index (χ3v) is 6.98. The Morgan fingerprint density at radius 1 is 0.690 bits per heavy atom. The molecule has 0 saturated carbocycles. The summed E-state index contributed by atoms with van der Waals surface area (Å²) in [6, 6.07) is 33.5. The molecule has 0 spiro atoms. The molecule has 2 N–H and O–H groups in total. The summed E-state index contributed by atoms with van der Waals surface area (Å²) < 4.78 is 0. The zero-order valence-electron chi connectivity index (χ0n) is 22.9. The van der Waals surface area contributed by atoms with Crippen LogP contribution < -0.4 is 10.6 Å². The van der Waals surface area contributed by atoms with Gasteiger partial charge in [0, 0.05) is 35.2 Å². The molecule has 3 aromatic heterocycles. The molecule has 0 saturated heterocycles. The Morgan fingerprint density at radius 3 is 2.07 bits per heavy atom. The lowest BCUT2D eigenvalue weighted by Crippen LogP contribution is -2.30. The van der Waals surface area contributed by atoms with Gasteiger partial charge in [0.15, 0.2) is 0 Å². The summed E-state index contributed by atoms with van der Waals surface area (Å²) in [6.07, 6.45) is 4.91. The molecule has 204 valence electrons. The number of carbonyl (C=O) groups is 2. The fraction of sp³-hybridized carbons (Fsp3) is 0.0571. The summed E-state index contributed by atoms with van der Waals surface area (Å²) in [6.45, 7) is 2.03. The first kappa shape index (κ1) is 26.5. The Kier molecular flexibility index (Phi) is 7.46. The highest BCUT2D eigenvalue weighted by Crippen LogP contribution is 2.26. The highest BCUT2D eigenvalue weighted by Gasteiger charge is 2.20. The highest BCUT2D eigenvalue weighted by molar-refractivity contribution is 6.09. The molecule has 0 aliphatic carbocycles. The van der Waals surface area contributed by atoms with E-state index in [4.69, 9.17) is 0 Å². The zero-order valence-corrected chi connectivity index (χ0v) is 22.9. The lowest BCUT2D eigenvalue weighted by atomic mass is 9.98. The van der Waals surface area contributed by atoms with Gasteiger partial charge in [0.1, 0.15) is 6.04 Å². The molecule has 7 nitrogen and oxygen atoms in total. The molecule has 0 bridgehead atoms. The quantitative estimate of drug-likeness (QED) is 0.229. The van der Waals surface area contributed by atoms with Crippen LogP contribution in [0.2, 0.25) is 0 Å². The molecule has 0 radical (unpaired) electrons. The standard InChI is InChI=1S/C35H27N5O2/c1-23-12-14-24(15-13-23)28-8-2-3-9-29(28)35(42)39-27-17-16-25-20-26(22-38-32(25)21-27)34(41)40-33(30-10-4-6-18-36-30)31-11-5-7-19-37-31/h2-22,33H,1H3,(H,39,42)(H,40,41). The second kappa shape index (κ2) is 11.8. The Morgan fingerprint density at radius 2 is 1.38 bits per heavy atom. The number of carbonyl (C=O) groups excluding carboxylic acids is 2. The minimum Gasteiger partial charge on any atom is -0.338 e. The molecule has 0 atom stereocenters. The van der Waals surface area contributed by atoms with Crippen LogP contribution in [0, 0.1) is 6.92 Å². The number of rotatable bonds is 7. The van der Waals surface area contributed by atoms with Crippen LogP contribution in [0.5, 0.6) is 0 Å². The van der Waals surface area contributed by atoms with Crippen molar-refractivity contribution >= 4 is 28.4 Å². The maximum Gasteiger partial charge on any atom is 0.256 e. The minimum absolute atomic E-state index is 0.211. The van der Waals surface area contributed by atoms with Crippen LogP contribution in [0.15, 0.2) is 128 Å². The molecule has 0 unspecified atom stereocenters. The topological polar surface area (TPSA) is 96.9 Å². The van der Waals surface area contributed by atoms with Crippen molar-refractivity contribution < 1.29 is 9.59 Å². The maximum absolute atomic E-state index is 13.3. The lowest BCUT2D eigenvalue weighted by Gasteiger charge is -2.18. The fourth-order valence-electron chi connectivity index (χ4n) is 4.80. The van der Waals surface area contributed by atoms with Gasteiger partial charge in [0.05, 0.1) is 22.5 Å². The van der Waals surface area contributed by atoms with E-state index in [0.29, 0.717) is 33.7 Å². The second-order valence-electron chi connectivity index (χ2n) is 9.91. The van der Waals surface area contributed by atoms with E-state index in [0.717, 1.165) is 22.1 Å². The molecule has 2 amide bonds. The monoisotopic (exact) mass is 549 g/mol. The predicted molar refractivity (Wildman–Crippen MR) is 164 cm³/mol. The highest BCUT2D eigenvalue weighted by atomic mass is 16.2. The molecule has 6 rings (SSSR count). The average molecular weight is 550 g/mol. The van der Waals surface area contributed by atoms with Crippen molar-refractivity contribution in [3.63, 3.8) is 0 Å². The average Bonchev–Trinajstić information content (AvgIpc) is 3.04. The number of hydrogen-bond acceptors (Lipinski definition) is 5. The van der Waals surface area contributed by atoms with E-state index in [1.807, 2.05) is 104 Å². The molecule has 0 aliphatic heterocycles. The van der Waals surface area contributed by atoms with Crippen molar-refractivity contribution in [2.75, 3.05) is 5.32 Å². The van der Waals surface area contributed by atoms with Crippen molar-refractivity contribution in [2.45, 2.75) is 13.0 Å². The molecule has 7 heteroatoms. The van der Waals surface area contributed by atoms with Gasteiger partial charge in [-0.1, -0.05) is 66.2 Å². The van der Waals surface area contributed by atoms with Crippen LogP contribution >= 0.6 is 0 Å². The number of aryl methyl sites for hydroxylation is 1. The first-order chi connectivity index (χ1) is 20.5. The SMILES string of the molecule is Cc1ccc(-c2ccccc2C(=O)Nc2ccc3cc(C(=O)NC(c4ccccn4)c4ccccn4)cnc3c2)cc1. The van der Waals surface area contributed by atoms with E-state index < -0.39 is 6.04 Å². The van der Waals surface area contributed by atoms with Crippen LogP contribution in [-0.2, 0) is 0 Å². The van der Waals surface area contributed by atoms with Crippen LogP contribution in [0.3, 0.4) is 0 Å². The summed E-state index contributed by atoms with van der Waals surface area (Å²) in [7, 11) is 0. The van der Waals surface area contributed by atoms with Gasteiger partial charge < -0.3 is 10.6 Å². The number of nitrogens with zero attached hydrogens (tertiary/aromatic N) is 3. The normalized spacial score (nSPS) is 10.9. The van der Waals surface area contributed by atoms with Gasteiger partial charge >= 0.3 is 0 Å². The maximum atomic E-state index is 13.3. The number of nitrogens with one attached hydrogen (secondary N) is 2. The summed E-state index contributed by atoms with van der Waals surface area (Å²) in [5, 5.41) is 6.82. The Hall–Kier alpha value is -5.69. The minimum atomic E-state index is -0.518. The molecule has 0 aliphatic rings. The van der Waals surface area contributed by atoms with Gasteiger partial charge in [-0.05, 0) is 66.6 Å². The molecule has 0 fully saturated rings. The number of pyridine rings is 3. The van der Waals surface area contributed by atoms with E-state index in [9.17, 15) is 9.59 Å². The number of aromatic nitrogens is 3. The van der Waals surface area contributed by atoms with Crippen molar-refractivity contribution in [3.8, 4) is 11.1 Å². The van der Waals surface area contributed by atoms with E-state index >= 15 is 0 Å². The summed E-state index contributed by atoms with van der Waals surface area (Å²) >= 11 is 0. The van der Waals surface area contributed by atoms with Crippen molar-refractivity contribution in [1.82, 2.24) is 20.3 Å². The third-order valence-electron chi connectivity index (χ3n) is 6.98. The smallest absolute Gasteiger partial charge is 0.256 e. The van der Waals surface area contributed by atoms with Crippen LogP contribution in [0.25, 0.3) is 22.0 Å². The Balaban J connectivity index is 1.22. The number of hydrogen-bond donors (Lipinski definition) is 2. The fourth-order valence-corrected chi connectivity index (χ4v) is 4.80. The number of anilines is 1. The number of amides is 2. The van der Waals surface area contributed by atoms with Gasteiger partial charge in [-0.15, -0.1) is 0 Å². The summed E-state index contributed by atoms with van der Waals surface area (Å²) in [5.74, 6) is -0.507. The zero-order chi connectivity index (χ0) is 28.9. The van der Waals surface area contributed by atoms with Gasteiger partial charge in [-0.3, -0.25) is 24.5 Å². The second-order valence-corrected chi connectivity index (χ2v) is 9.91. The molecule has 6 aromatic rings. The largest absolute Gasteiger partial charge is 0.338 e. The van der Waals surface area contributed by atoms with Crippen molar-refractivity contribution in [1.29, 1.82) is 0 Å². The van der Waals surface area contributed by atoms with E-state index in [-0.39, 0.29) is 11.8 Å². The van der Waals surface area contributed by atoms with Gasteiger partial charge in [0.25, 0.3) is 11.8 Å². The molecular weight excluding hydrogens is 522 g/mol. The third kappa shape index (κ3) is 5.76. The van der Waals surface area contributed by atoms with Crippen molar-refractivity contribution in [2.24, 2.45) is 0 Å². The number of fused-ring (bicyclic) bond motifs is 1. The van der Waals surface area contributed by atoms with Crippen molar-refractivity contribution in [3.05, 3.63) is 156 Å². The van der Waals surface area contributed by atoms with E-state index in [1.165, 1.54) is 6.20 Å². The lowest BCUT2D eigenvalue weighted by molar-refractivity contribution is 0.0940. The Bertz CT molecular complexity index is 1830. The van der Waals surface area contributed by atoms with Crippen LogP contribution in [0.1, 0.15) is 43.7 Å². The van der Waals surface area contributed by atoms with Crippen LogP contribution in [0.4, 0.5) is 5.69 Å². The van der Waals surface area contributed by atoms with Gasteiger partial charge in [-0.2, -0.15) is 0 Å². The van der Waals surface area contributed by atoms with Crippen LogP contribution in [-0.4, -0.2) is 26.8 Å². The molecular formula is C35H27N5O2. The van der Waals surface area contributed by atoms with Gasteiger partial charge in [0.2, 0.25) is 0 Å². The predicted octanol–water partition coefficient (Wildman–Crippen LogP) is 6.77. The number of benzene rings is 3. The Labute approximate surface area is 243 Å². The van der Waals surface area contributed by atoms with Gasteiger partial charge in [-0.25, -0.2) is 0 Å². The molecule has 3 aromatic carbocycles. The summed E-state index contributed by atoms with van der Waals surface area (Å²) in [5.41, 5.74) is 6.62. The van der Waals surface area contributed by atoms with E-state index in [1.54, 1.807) is 24.5 Å².